The Labute approximate surface area is 147 Å². The number of hydrogen-bond donors (Lipinski definition) is 1. The van der Waals surface area contributed by atoms with Crippen LogP contribution in [0.3, 0.4) is 0 Å². The van der Waals surface area contributed by atoms with Gasteiger partial charge >= 0.3 is 0 Å². The van der Waals surface area contributed by atoms with Gasteiger partial charge in [-0.1, -0.05) is 0 Å². The summed E-state index contributed by atoms with van der Waals surface area (Å²) < 4.78 is 0. The van der Waals surface area contributed by atoms with Gasteiger partial charge in [0, 0.05) is 11.8 Å². The number of imide groups is 1. The molecule has 1 aliphatic heterocycles. The molecule has 0 aliphatic carbocycles. The molecule has 1 N–H and O–H groups in total. The van der Waals surface area contributed by atoms with Crippen molar-refractivity contribution in [2.45, 2.75) is 0 Å². The molecule has 8 heteroatoms. The van der Waals surface area contributed by atoms with Gasteiger partial charge in [-0.25, -0.2) is 4.90 Å². The lowest BCUT2D eigenvalue weighted by Crippen LogP contribution is -2.29. The molecule has 26 heavy (non-hydrogen) atoms. The predicted molar refractivity (Wildman–Crippen MR) is 91.8 cm³/mol. The zero-order valence-electron chi connectivity index (χ0n) is 13.3. The van der Waals surface area contributed by atoms with Gasteiger partial charge in [-0.2, -0.15) is 10.2 Å². The normalized spacial score (nSPS) is 12.8. The molecule has 0 spiro atoms. The van der Waals surface area contributed by atoms with Gasteiger partial charge in [0.1, 0.15) is 0 Å². The Morgan fingerprint density at radius 3 is 2.12 bits per heavy atom. The van der Waals surface area contributed by atoms with Crippen LogP contribution in [0.5, 0.6) is 0 Å². The minimum atomic E-state index is -0.465. The number of rotatable bonds is 3. The van der Waals surface area contributed by atoms with E-state index in [0.29, 0.717) is 16.9 Å². The molecular formula is C18H11N5O3. The van der Waals surface area contributed by atoms with E-state index in [2.05, 4.69) is 20.5 Å². The van der Waals surface area contributed by atoms with Gasteiger partial charge in [0.2, 0.25) is 0 Å². The van der Waals surface area contributed by atoms with Gasteiger partial charge in [-0.3, -0.25) is 19.4 Å². The van der Waals surface area contributed by atoms with E-state index in [9.17, 15) is 14.4 Å². The van der Waals surface area contributed by atoms with Crippen LogP contribution >= 0.6 is 0 Å². The molecule has 3 heterocycles. The maximum atomic E-state index is 12.4. The maximum absolute atomic E-state index is 12.4. The number of carbonyl (C=O) groups excluding carboxylic acids is 3. The molecule has 3 amide bonds. The fraction of sp³-hybridized carbons (Fsp3) is 0. The molecule has 0 unspecified atom stereocenters. The first-order chi connectivity index (χ1) is 12.6. The van der Waals surface area contributed by atoms with Crippen LogP contribution in [-0.2, 0) is 0 Å². The predicted octanol–water partition coefficient (Wildman–Crippen LogP) is 1.92. The van der Waals surface area contributed by atoms with E-state index >= 15 is 0 Å². The van der Waals surface area contributed by atoms with E-state index in [-0.39, 0.29) is 17.0 Å². The van der Waals surface area contributed by atoms with Crippen LogP contribution in [-0.4, -0.2) is 32.9 Å². The minimum Gasteiger partial charge on any atom is -0.321 e. The highest BCUT2D eigenvalue weighted by Crippen LogP contribution is 2.27. The van der Waals surface area contributed by atoms with Crippen molar-refractivity contribution in [2.24, 2.45) is 0 Å². The third kappa shape index (κ3) is 2.59. The van der Waals surface area contributed by atoms with E-state index in [4.69, 9.17) is 0 Å². The quantitative estimate of drug-likeness (QED) is 0.727. The summed E-state index contributed by atoms with van der Waals surface area (Å²) in [6.07, 6.45) is 5.68. The molecule has 126 valence electrons. The molecule has 0 bridgehead atoms. The monoisotopic (exact) mass is 345 g/mol. The number of fused-ring (bicyclic) bond motifs is 1. The van der Waals surface area contributed by atoms with Crippen molar-refractivity contribution in [3.8, 4) is 0 Å². The van der Waals surface area contributed by atoms with E-state index < -0.39 is 11.8 Å². The van der Waals surface area contributed by atoms with Crippen LogP contribution in [0.2, 0.25) is 0 Å². The second kappa shape index (κ2) is 6.17. The van der Waals surface area contributed by atoms with Crippen molar-refractivity contribution < 1.29 is 14.4 Å². The molecule has 4 rings (SSSR count). The molecule has 1 aliphatic rings. The molecule has 0 saturated heterocycles. The van der Waals surface area contributed by atoms with Crippen LogP contribution in [0.4, 0.5) is 11.4 Å². The Kier molecular flexibility index (Phi) is 3.70. The first-order valence-electron chi connectivity index (χ1n) is 7.66. The summed E-state index contributed by atoms with van der Waals surface area (Å²) in [7, 11) is 0. The van der Waals surface area contributed by atoms with Crippen LogP contribution in [0.25, 0.3) is 0 Å². The third-order valence-electron chi connectivity index (χ3n) is 3.90. The highest BCUT2D eigenvalue weighted by atomic mass is 16.2. The van der Waals surface area contributed by atoms with Crippen LogP contribution < -0.4 is 10.2 Å². The fourth-order valence-corrected chi connectivity index (χ4v) is 2.63. The number of nitrogens with one attached hydrogen (secondary N) is 1. The van der Waals surface area contributed by atoms with Gasteiger partial charge in [-0.05, 0) is 36.4 Å². The number of amides is 3. The average molecular weight is 345 g/mol. The number of nitrogens with zero attached hydrogens (tertiary/aromatic N) is 4. The summed E-state index contributed by atoms with van der Waals surface area (Å²) in [5.74, 6) is -1.25. The zero-order chi connectivity index (χ0) is 18.1. The van der Waals surface area contributed by atoms with E-state index in [1.807, 2.05) is 0 Å². The summed E-state index contributed by atoms with van der Waals surface area (Å²) >= 11 is 0. The van der Waals surface area contributed by atoms with Crippen molar-refractivity contribution in [1.82, 2.24) is 15.2 Å². The number of benzene rings is 1. The number of carbonyl (C=O) groups is 3. The van der Waals surface area contributed by atoms with Crippen LogP contribution in [0.15, 0.2) is 61.2 Å². The smallest absolute Gasteiger partial charge is 0.267 e. The molecule has 0 radical (unpaired) electrons. The zero-order valence-corrected chi connectivity index (χ0v) is 13.3. The van der Waals surface area contributed by atoms with Crippen molar-refractivity contribution >= 4 is 29.1 Å². The average Bonchev–Trinajstić information content (AvgIpc) is 2.94. The first-order valence-corrected chi connectivity index (χ1v) is 7.66. The standard InChI is InChI=1S/C18H11N5O3/c24-16(22-12-2-1-7-19-8-12)11-3-5-13(6-4-11)23-17(25)14-9-20-21-10-15(14)18(23)26/h1-10H,(H,22,24). The molecule has 2 aromatic heterocycles. The number of aromatic nitrogens is 3. The Morgan fingerprint density at radius 1 is 0.885 bits per heavy atom. The Bertz CT molecular complexity index is 984. The first kappa shape index (κ1) is 15.6. The molecule has 0 atom stereocenters. The fourth-order valence-electron chi connectivity index (χ4n) is 2.63. The number of hydrogen-bond acceptors (Lipinski definition) is 6. The van der Waals surface area contributed by atoms with Gasteiger partial charge < -0.3 is 5.32 Å². The largest absolute Gasteiger partial charge is 0.321 e. The van der Waals surface area contributed by atoms with Crippen molar-refractivity contribution in [3.05, 3.63) is 77.9 Å². The number of anilines is 2. The maximum Gasteiger partial charge on any atom is 0.267 e. The van der Waals surface area contributed by atoms with E-state index in [0.717, 1.165) is 4.90 Å². The Hall–Kier alpha value is -3.94. The molecule has 0 saturated carbocycles. The highest BCUT2D eigenvalue weighted by Gasteiger charge is 2.37. The van der Waals surface area contributed by atoms with Crippen molar-refractivity contribution in [2.75, 3.05) is 10.2 Å². The second-order valence-corrected chi connectivity index (χ2v) is 5.50. The summed E-state index contributed by atoms with van der Waals surface area (Å²) in [5, 5.41) is 9.99. The topological polar surface area (TPSA) is 105 Å². The Morgan fingerprint density at radius 2 is 1.54 bits per heavy atom. The minimum absolute atomic E-state index is 0.211. The molecule has 1 aromatic carbocycles. The van der Waals surface area contributed by atoms with Gasteiger partial charge in [-0.15, -0.1) is 0 Å². The second-order valence-electron chi connectivity index (χ2n) is 5.50. The molecule has 8 nitrogen and oxygen atoms in total. The summed E-state index contributed by atoms with van der Waals surface area (Å²) in [6.45, 7) is 0. The van der Waals surface area contributed by atoms with Crippen LogP contribution in [0.1, 0.15) is 31.1 Å². The summed E-state index contributed by atoms with van der Waals surface area (Å²) in [6, 6.07) is 9.61. The Balaban J connectivity index is 1.56. The summed E-state index contributed by atoms with van der Waals surface area (Å²) in [5.41, 5.74) is 1.75. The van der Waals surface area contributed by atoms with Gasteiger partial charge in [0.15, 0.2) is 0 Å². The lowest BCUT2D eigenvalue weighted by atomic mass is 10.1. The highest BCUT2D eigenvalue weighted by molar-refractivity contribution is 6.34. The molecular weight excluding hydrogens is 334 g/mol. The summed E-state index contributed by atoms with van der Waals surface area (Å²) in [4.78, 5) is 42.1. The van der Waals surface area contributed by atoms with E-state index in [1.54, 1.807) is 42.6 Å². The van der Waals surface area contributed by atoms with Crippen molar-refractivity contribution in [3.63, 3.8) is 0 Å². The lowest BCUT2D eigenvalue weighted by Gasteiger charge is -2.14. The van der Waals surface area contributed by atoms with Crippen molar-refractivity contribution in [1.29, 1.82) is 0 Å². The molecule has 0 fully saturated rings. The number of pyridine rings is 1. The van der Waals surface area contributed by atoms with Gasteiger partial charge in [0.25, 0.3) is 17.7 Å². The van der Waals surface area contributed by atoms with Crippen LogP contribution in [0, 0.1) is 0 Å². The lowest BCUT2D eigenvalue weighted by molar-refractivity contribution is 0.0925. The van der Waals surface area contributed by atoms with E-state index in [1.165, 1.54) is 18.6 Å². The van der Waals surface area contributed by atoms with Gasteiger partial charge in [0.05, 0.1) is 41.1 Å². The molecule has 3 aromatic rings. The third-order valence-corrected chi connectivity index (χ3v) is 3.90. The SMILES string of the molecule is O=C(Nc1cccnc1)c1ccc(N2C(=O)c3cnncc3C2=O)cc1.